The Hall–Kier alpha value is -6.59. The molecule has 9 aromatic rings. The molecule has 0 radical (unpaired) electrons. The summed E-state index contributed by atoms with van der Waals surface area (Å²) in [7, 11) is 0. The lowest BCUT2D eigenvalue weighted by molar-refractivity contribution is 0.505. The zero-order valence-electron chi connectivity index (χ0n) is 27.9. The van der Waals surface area contributed by atoms with Gasteiger partial charge in [0.15, 0.2) is 17.5 Å². The molecule has 0 spiro atoms. The van der Waals surface area contributed by atoms with Crippen LogP contribution < -0.4 is 0 Å². The third-order valence-corrected chi connectivity index (χ3v) is 10.0. The highest BCUT2D eigenvalue weighted by Crippen LogP contribution is 2.49. The van der Waals surface area contributed by atoms with Crippen LogP contribution in [0.3, 0.4) is 0 Å². The molecule has 5 nitrogen and oxygen atoms in total. The van der Waals surface area contributed by atoms with Crippen molar-refractivity contribution in [3.05, 3.63) is 174 Å². The van der Waals surface area contributed by atoms with E-state index in [0.717, 1.165) is 89.6 Å². The first kappa shape index (κ1) is 29.3. The second kappa shape index (κ2) is 11.8. The van der Waals surface area contributed by atoms with E-state index in [0.29, 0.717) is 17.5 Å². The third kappa shape index (κ3) is 4.97. The number of furan rings is 2. The molecule has 0 saturated heterocycles. The number of para-hydroxylation sites is 2. The largest absolute Gasteiger partial charge is 0.460 e. The molecular weight excluding hydrogens is 627 g/mol. The van der Waals surface area contributed by atoms with E-state index in [2.05, 4.69) is 97.9 Å². The van der Waals surface area contributed by atoms with Gasteiger partial charge in [0.1, 0.15) is 22.5 Å². The van der Waals surface area contributed by atoms with Crippen LogP contribution in [0, 0.1) is 0 Å². The van der Waals surface area contributed by atoms with Crippen molar-refractivity contribution in [3.63, 3.8) is 0 Å². The fraction of sp³-hybridized carbons (Fsp3) is 0.0652. The average molecular weight is 658 g/mol. The van der Waals surface area contributed by atoms with Gasteiger partial charge in [-0.1, -0.05) is 134 Å². The summed E-state index contributed by atoms with van der Waals surface area (Å²) in [4.78, 5) is 15.6. The molecule has 51 heavy (non-hydrogen) atoms. The van der Waals surface area contributed by atoms with Gasteiger partial charge >= 0.3 is 0 Å². The van der Waals surface area contributed by atoms with Gasteiger partial charge in [0.25, 0.3) is 0 Å². The van der Waals surface area contributed by atoms with Crippen LogP contribution in [0.4, 0.5) is 0 Å². The van der Waals surface area contributed by atoms with Gasteiger partial charge in [0.05, 0.1) is 0 Å². The molecule has 0 aliphatic heterocycles. The minimum atomic E-state index is 0.137. The Balaban J connectivity index is 1.23. The second-order valence-electron chi connectivity index (χ2n) is 13.2. The van der Waals surface area contributed by atoms with Crippen LogP contribution in [0.15, 0.2) is 160 Å². The molecule has 0 fully saturated rings. The summed E-state index contributed by atoms with van der Waals surface area (Å²) in [5, 5.41) is 3.26. The Morgan fingerprint density at radius 2 is 0.961 bits per heavy atom. The Kier molecular flexibility index (Phi) is 6.78. The maximum Gasteiger partial charge on any atom is 0.165 e. The van der Waals surface area contributed by atoms with Crippen LogP contribution in [0.5, 0.6) is 0 Å². The van der Waals surface area contributed by atoms with Gasteiger partial charge < -0.3 is 8.83 Å². The number of benzene rings is 6. The van der Waals surface area contributed by atoms with Gasteiger partial charge in [-0.2, -0.15) is 0 Å². The van der Waals surface area contributed by atoms with Crippen molar-refractivity contribution in [2.24, 2.45) is 0 Å². The lowest BCUT2D eigenvalue weighted by atomic mass is 9.79. The van der Waals surface area contributed by atoms with E-state index in [9.17, 15) is 0 Å². The van der Waals surface area contributed by atoms with Gasteiger partial charge in [-0.15, -0.1) is 0 Å². The Morgan fingerprint density at radius 1 is 0.451 bits per heavy atom. The van der Waals surface area contributed by atoms with Gasteiger partial charge in [-0.25, -0.2) is 15.0 Å². The predicted molar refractivity (Wildman–Crippen MR) is 205 cm³/mol. The third-order valence-electron chi connectivity index (χ3n) is 10.0. The number of hydrogen-bond acceptors (Lipinski definition) is 5. The SMILES string of the molecule is CC1CC(c2ccc3c(c2)oc2ccccc23)=C(c2nc(-c3ccccc3)nc(-c3ccc(-c4ccccc4)cc3)n2)c2c1oc1ccccc21. The van der Waals surface area contributed by atoms with Crippen LogP contribution in [0.1, 0.15) is 42.0 Å². The molecule has 1 atom stereocenters. The Labute approximate surface area is 294 Å². The highest BCUT2D eigenvalue weighted by Gasteiger charge is 2.33. The quantitative estimate of drug-likeness (QED) is 0.184. The number of aromatic nitrogens is 3. The number of fused-ring (bicyclic) bond motifs is 6. The van der Waals surface area contributed by atoms with E-state index in [4.69, 9.17) is 23.8 Å². The summed E-state index contributed by atoms with van der Waals surface area (Å²) in [5.41, 5.74) is 11.0. The van der Waals surface area contributed by atoms with Gasteiger partial charge in [-0.3, -0.25) is 0 Å². The standard InChI is InChI=1S/C46H31N3O2/c1-28-26-37(33-24-25-35-34-16-8-10-18-38(34)50-40(35)27-33)42(41-36-17-9-11-19-39(36)51-43(28)41)46-48-44(31-14-6-3-7-15-31)47-45(49-46)32-22-20-30(21-23-32)29-12-4-2-5-13-29/h2-25,27-28H,26H2,1H3. The Morgan fingerprint density at radius 3 is 1.69 bits per heavy atom. The maximum atomic E-state index is 6.61. The van der Waals surface area contributed by atoms with Crippen LogP contribution in [0.2, 0.25) is 0 Å². The van der Waals surface area contributed by atoms with Crippen molar-refractivity contribution < 1.29 is 8.83 Å². The smallest absolute Gasteiger partial charge is 0.165 e. The monoisotopic (exact) mass is 657 g/mol. The minimum Gasteiger partial charge on any atom is -0.460 e. The second-order valence-corrected chi connectivity index (χ2v) is 13.2. The molecule has 1 unspecified atom stereocenters. The van der Waals surface area contributed by atoms with Gasteiger partial charge in [0, 0.05) is 44.3 Å². The van der Waals surface area contributed by atoms with Crippen molar-refractivity contribution >= 4 is 44.1 Å². The molecule has 242 valence electrons. The summed E-state index contributed by atoms with van der Waals surface area (Å²) in [5.74, 6) is 2.94. The summed E-state index contributed by atoms with van der Waals surface area (Å²) in [6.07, 6.45) is 0.751. The lowest BCUT2D eigenvalue weighted by Crippen LogP contribution is -2.11. The minimum absolute atomic E-state index is 0.137. The number of allylic oxidation sites excluding steroid dienone is 1. The number of hydrogen-bond donors (Lipinski definition) is 0. The van der Waals surface area contributed by atoms with E-state index < -0.39 is 0 Å². The Bertz CT molecular complexity index is 2780. The molecule has 0 amide bonds. The van der Waals surface area contributed by atoms with Crippen LogP contribution in [-0.2, 0) is 0 Å². The zero-order chi connectivity index (χ0) is 33.9. The fourth-order valence-corrected chi connectivity index (χ4v) is 7.52. The van der Waals surface area contributed by atoms with Gasteiger partial charge in [-0.05, 0) is 52.9 Å². The van der Waals surface area contributed by atoms with Crippen molar-refractivity contribution in [2.45, 2.75) is 19.3 Å². The molecule has 0 N–H and O–H groups in total. The van der Waals surface area contributed by atoms with Crippen molar-refractivity contribution in [3.8, 4) is 33.9 Å². The van der Waals surface area contributed by atoms with Gasteiger partial charge in [0.2, 0.25) is 0 Å². The van der Waals surface area contributed by atoms with E-state index in [1.54, 1.807) is 0 Å². The zero-order valence-corrected chi connectivity index (χ0v) is 27.9. The first-order chi connectivity index (χ1) is 25.2. The summed E-state index contributed by atoms with van der Waals surface area (Å²) in [6.45, 7) is 2.24. The molecule has 10 rings (SSSR count). The molecular formula is C46H31N3O2. The van der Waals surface area contributed by atoms with Crippen LogP contribution >= 0.6 is 0 Å². The summed E-state index contributed by atoms with van der Waals surface area (Å²) in [6, 6.07) is 52.0. The average Bonchev–Trinajstić information content (AvgIpc) is 3.77. The molecule has 3 aromatic heterocycles. The molecule has 0 saturated carbocycles. The molecule has 1 aliphatic carbocycles. The van der Waals surface area contributed by atoms with Crippen LogP contribution in [-0.4, -0.2) is 15.0 Å². The van der Waals surface area contributed by atoms with E-state index in [1.807, 2.05) is 60.7 Å². The number of nitrogens with zero attached hydrogens (tertiary/aromatic N) is 3. The lowest BCUT2D eigenvalue weighted by Gasteiger charge is -2.25. The highest BCUT2D eigenvalue weighted by atomic mass is 16.3. The predicted octanol–water partition coefficient (Wildman–Crippen LogP) is 12.0. The molecule has 0 bridgehead atoms. The summed E-state index contributed by atoms with van der Waals surface area (Å²) < 4.78 is 13.0. The van der Waals surface area contributed by atoms with E-state index in [1.165, 1.54) is 0 Å². The molecule has 5 heteroatoms. The molecule has 6 aromatic carbocycles. The molecule has 1 aliphatic rings. The first-order valence-electron chi connectivity index (χ1n) is 17.3. The topological polar surface area (TPSA) is 65.0 Å². The van der Waals surface area contributed by atoms with Crippen molar-refractivity contribution in [1.82, 2.24) is 15.0 Å². The van der Waals surface area contributed by atoms with Crippen molar-refractivity contribution in [2.75, 3.05) is 0 Å². The number of rotatable bonds is 5. The van der Waals surface area contributed by atoms with Crippen LogP contribution in [0.25, 0.3) is 78.0 Å². The molecule has 3 heterocycles. The maximum absolute atomic E-state index is 6.61. The summed E-state index contributed by atoms with van der Waals surface area (Å²) >= 11 is 0. The first-order valence-corrected chi connectivity index (χ1v) is 17.3. The normalized spacial score (nSPS) is 14.4. The fourth-order valence-electron chi connectivity index (χ4n) is 7.52. The highest BCUT2D eigenvalue weighted by molar-refractivity contribution is 6.09. The van der Waals surface area contributed by atoms with E-state index >= 15 is 0 Å². The van der Waals surface area contributed by atoms with E-state index in [-0.39, 0.29) is 5.92 Å². The van der Waals surface area contributed by atoms with Crippen molar-refractivity contribution in [1.29, 1.82) is 0 Å².